The van der Waals surface area contributed by atoms with Gasteiger partial charge in [-0.15, -0.1) is 16.4 Å². The molecule has 3 aromatic rings. The minimum Gasteiger partial charge on any atom is -0.371 e. The number of aromatic nitrogens is 3. The number of benzene rings is 1. The van der Waals surface area contributed by atoms with Gasteiger partial charge in [-0.25, -0.2) is 0 Å². The van der Waals surface area contributed by atoms with Gasteiger partial charge in [-0.05, 0) is 49.5 Å². The highest BCUT2D eigenvalue weighted by atomic mass is 32.1. The maximum atomic E-state index is 5.73. The lowest BCUT2D eigenvalue weighted by atomic mass is 10.1. The van der Waals surface area contributed by atoms with Crippen LogP contribution in [0.1, 0.15) is 25.3 Å². The number of para-hydroxylation sites is 1. The van der Waals surface area contributed by atoms with E-state index in [4.69, 9.17) is 17.3 Å². The molecular weight excluding hydrogens is 386 g/mol. The van der Waals surface area contributed by atoms with Crippen LogP contribution in [0.5, 0.6) is 0 Å². The van der Waals surface area contributed by atoms with Gasteiger partial charge in [0.1, 0.15) is 6.54 Å². The molecule has 2 aromatic heterocycles. The number of rotatable bonds is 7. The number of hydrogen-bond acceptors (Lipinski definition) is 4. The molecule has 0 spiro atoms. The van der Waals surface area contributed by atoms with Gasteiger partial charge in [-0.1, -0.05) is 24.3 Å². The van der Waals surface area contributed by atoms with E-state index < -0.39 is 0 Å². The monoisotopic (exact) mass is 414 g/mol. The molecule has 148 valence electrons. The van der Waals surface area contributed by atoms with Gasteiger partial charge in [-0.3, -0.25) is 4.57 Å². The lowest BCUT2D eigenvalue weighted by molar-refractivity contribution is -0.917. The molecule has 1 unspecified atom stereocenters. The van der Waals surface area contributed by atoms with Gasteiger partial charge < -0.3 is 9.80 Å². The van der Waals surface area contributed by atoms with E-state index in [1.54, 1.807) is 11.3 Å². The highest BCUT2D eigenvalue weighted by molar-refractivity contribution is 7.71. The third-order valence-corrected chi connectivity index (χ3v) is 6.63. The van der Waals surface area contributed by atoms with E-state index >= 15 is 0 Å². The molecule has 1 N–H and O–H groups in total. The molecule has 28 heavy (non-hydrogen) atoms. The molecule has 4 rings (SSSR count). The fraction of sp³-hybridized carbons (Fsp3) is 0.429. The molecule has 0 aliphatic carbocycles. The fourth-order valence-electron chi connectivity index (χ4n) is 3.98. The van der Waals surface area contributed by atoms with Crippen molar-refractivity contribution >= 4 is 29.2 Å². The SMILES string of the molecule is CCn1c(-c2cccs2)nn(C[NH+](C)Cc2ccccc2N2CCCC2)c1=S. The fourth-order valence-corrected chi connectivity index (χ4v) is 5.02. The Morgan fingerprint density at radius 2 is 1.93 bits per heavy atom. The lowest BCUT2D eigenvalue weighted by Gasteiger charge is -2.23. The molecule has 0 amide bonds. The molecule has 1 atom stereocenters. The predicted molar refractivity (Wildman–Crippen MR) is 119 cm³/mol. The third kappa shape index (κ3) is 3.92. The van der Waals surface area contributed by atoms with Gasteiger partial charge in [0.05, 0.1) is 11.9 Å². The maximum absolute atomic E-state index is 5.73. The molecule has 0 radical (unpaired) electrons. The largest absolute Gasteiger partial charge is 0.371 e. The van der Waals surface area contributed by atoms with Crippen molar-refractivity contribution in [1.29, 1.82) is 0 Å². The zero-order valence-corrected chi connectivity index (χ0v) is 18.2. The summed E-state index contributed by atoms with van der Waals surface area (Å²) in [5, 5.41) is 6.95. The summed E-state index contributed by atoms with van der Waals surface area (Å²) in [5.41, 5.74) is 2.79. The molecule has 1 aliphatic heterocycles. The van der Waals surface area contributed by atoms with Crippen molar-refractivity contribution in [3.8, 4) is 10.7 Å². The van der Waals surface area contributed by atoms with Crippen LogP contribution in [0.25, 0.3) is 10.7 Å². The lowest BCUT2D eigenvalue weighted by Crippen LogP contribution is -3.07. The van der Waals surface area contributed by atoms with Gasteiger partial charge >= 0.3 is 0 Å². The van der Waals surface area contributed by atoms with E-state index in [0.29, 0.717) is 0 Å². The number of hydrogen-bond donors (Lipinski definition) is 1. The highest BCUT2D eigenvalue weighted by Gasteiger charge is 2.19. The zero-order valence-electron chi connectivity index (χ0n) is 16.6. The summed E-state index contributed by atoms with van der Waals surface area (Å²) in [6.07, 6.45) is 2.60. The molecule has 5 nitrogen and oxygen atoms in total. The van der Waals surface area contributed by atoms with Crippen LogP contribution in [0.4, 0.5) is 5.69 Å². The molecular formula is C21H28N5S2+. The molecule has 1 fully saturated rings. The van der Waals surface area contributed by atoms with Crippen LogP contribution >= 0.6 is 23.6 Å². The average Bonchev–Trinajstić information content (AvgIpc) is 3.44. The van der Waals surface area contributed by atoms with Crippen molar-refractivity contribution in [2.75, 3.05) is 25.0 Å². The van der Waals surface area contributed by atoms with Crippen LogP contribution < -0.4 is 9.80 Å². The Morgan fingerprint density at radius 3 is 2.64 bits per heavy atom. The van der Waals surface area contributed by atoms with Gasteiger partial charge in [0.2, 0.25) is 4.77 Å². The van der Waals surface area contributed by atoms with Crippen molar-refractivity contribution < 1.29 is 4.90 Å². The summed E-state index contributed by atoms with van der Waals surface area (Å²) in [7, 11) is 2.22. The first-order valence-corrected chi connectivity index (χ1v) is 11.3. The number of thiophene rings is 1. The minimum absolute atomic E-state index is 0.762. The first-order valence-electron chi connectivity index (χ1n) is 10.0. The Balaban J connectivity index is 1.54. The smallest absolute Gasteiger partial charge is 0.203 e. The Kier molecular flexibility index (Phi) is 5.94. The third-order valence-electron chi connectivity index (χ3n) is 5.33. The summed E-state index contributed by atoms with van der Waals surface area (Å²) in [5.74, 6) is 0.979. The van der Waals surface area contributed by atoms with Gasteiger partial charge in [-0.2, -0.15) is 4.68 Å². The molecule has 1 aromatic carbocycles. The van der Waals surface area contributed by atoms with E-state index in [1.165, 1.54) is 47.0 Å². The Labute approximate surface area is 175 Å². The second-order valence-corrected chi connectivity index (χ2v) is 8.75. The topological polar surface area (TPSA) is 30.4 Å². The van der Waals surface area contributed by atoms with Crippen LogP contribution in [0.15, 0.2) is 41.8 Å². The van der Waals surface area contributed by atoms with E-state index in [9.17, 15) is 0 Å². The average molecular weight is 415 g/mol. The summed E-state index contributed by atoms with van der Waals surface area (Å²) in [6, 6.07) is 13.0. The quantitative estimate of drug-likeness (QED) is 0.601. The van der Waals surface area contributed by atoms with E-state index in [0.717, 1.165) is 30.4 Å². The van der Waals surface area contributed by atoms with E-state index in [1.807, 2.05) is 4.68 Å². The van der Waals surface area contributed by atoms with Crippen LogP contribution in [0.3, 0.4) is 0 Å². The maximum Gasteiger partial charge on any atom is 0.203 e. The number of anilines is 1. The molecule has 3 heterocycles. The van der Waals surface area contributed by atoms with Crippen molar-refractivity contribution in [1.82, 2.24) is 14.3 Å². The summed E-state index contributed by atoms with van der Waals surface area (Å²) >= 11 is 7.44. The standard InChI is InChI=1S/C21H27N5S2/c1-3-25-20(19-11-8-14-28-19)22-26(21(25)27)16-23(2)15-17-9-4-5-10-18(17)24-12-6-7-13-24/h4-5,8-11,14H,3,6-7,12-13,15-16H2,1-2H3/p+1. The van der Waals surface area contributed by atoms with Crippen molar-refractivity contribution in [3.05, 3.63) is 52.1 Å². The van der Waals surface area contributed by atoms with Gasteiger partial charge in [0, 0.05) is 30.9 Å². The molecule has 0 saturated carbocycles. The number of nitrogens with zero attached hydrogens (tertiary/aromatic N) is 4. The van der Waals surface area contributed by atoms with Crippen molar-refractivity contribution in [2.45, 2.75) is 39.5 Å². The predicted octanol–water partition coefficient (Wildman–Crippen LogP) is 3.44. The first-order chi connectivity index (χ1) is 13.7. The van der Waals surface area contributed by atoms with Gasteiger partial charge in [0.15, 0.2) is 12.5 Å². The molecule has 1 saturated heterocycles. The molecule has 7 heteroatoms. The molecule has 1 aliphatic rings. The summed E-state index contributed by atoms with van der Waals surface area (Å²) < 4.78 is 4.92. The Morgan fingerprint density at radius 1 is 1.14 bits per heavy atom. The normalized spacial score (nSPS) is 15.3. The second kappa shape index (κ2) is 8.59. The Bertz CT molecular complexity index is 967. The summed E-state index contributed by atoms with van der Waals surface area (Å²) in [6.45, 7) is 7.03. The minimum atomic E-state index is 0.762. The molecule has 0 bridgehead atoms. The zero-order chi connectivity index (χ0) is 19.5. The summed E-state index contributed by atoms with van der Waals surface area (Å²) in [4.78, 5) is 5.07. The highest BCUT2D eigenvalue weighted by Crippen LogP contribution is 2.24. The van der Waals surface area contributed by atoms with E-state index in [2.05, 4.69) is 65.2 Å². The van der Waals surface area contributed by atoms with Crippen LogP contribution in [-0.2, 0) is 19.8 Å². The van der Waals surface area contributed by atoms with Crippen molar-refractivity contribution in [2.24, 2.45) is 0 Å². The second-order valence-electron chi connectivity index (χ2n) is 7.44. The first kappa shape index (κ1) is 19.4. The van der Waals surface area contributed by atoms with Crippen LogP contribution in [0, 0.1) is 4.77 Å². The van der Waals surface area contributed by atoms with Crippen molar-refractivity contribution in [3.63, 3.8) is 0 Å². The van der Waals surface area contributed by atoms with Crippen LogP contribution in [0.2, 0.25) is 0 Å². The van der Waals surface area contributed by atoms with Crippen LogP contribution in [-0.4, -0.2) is 34.5 Å². The number of nitrogens with one attached hydrogen (secondary N) is 1. The Hall–Kier alpha value is -1.96. The van der Waals surface area contributed by atoms with Gasteiger partial charge in [0.25, 0.3) is 0 Å². The number of quaternary nitrogens is 1. The van der Waals surface area contributed by atoms with E-state index in [-0.39, 0.29) is 0 Å².